The predicted octanol–water partition coefficient (Wildman–Crippen LogP) is 4.55. The number of ether oxygens (including phenoxy) is 1. The van der Waals surface area contributed by atoms with Gasteiger partial charge in [-0.05, 0) is 52.7 Å². The molecule has 6 nitrogen and oxygen atoms in total. The number of nitrogens with one attached hydrogen (secondary N) is 1. The van der Waals surface area contributed by atoms with Crippen LogP contribution in [0, 0.1) is 6.92 Å². The monoisotopic (exact) mass is 433 g/mol. The summed E-state index contributed by atoms with van der Waals surface area (Å²) in [6.07, 6.45) is 0. The maximum Gasteiger partial charge on any atom is 0.277 e. The molecule has 1 amide bonds. The van der Waals surface area contributed by atoms with E-state index < -0.39 is 0 Å². The average Bonchev–Trinajstić information content (AvgIpc) is 3.11. The van der Waals surface area contributed by atoms with Gasteiger partial charge in [-0.2, -0.15) is 0 Å². The van der Waals surface area contributed by atoms with E-state index >= 15 is 0 Å². The Labute approximate surface area is 163 Å². The fraction of sp³-hybridized carbons (Fsp3) is 0.167. The van der Waals surface area contributed by atoms with Crippen molar-refractivity contribution in [2.75, 3.05) is 18.2 Å². The van der Waals surface area contributed by atoms with Crippen molar-refractivity contribution in [1.82, 2.24) is 10.2 Å². The summed E-state index contributed by atoms with van der Waals surface area (Å²) in [5.41, 5.74) is 2.54. The minimum Gasteiger partial charge on any atom is -0.496 e. The van der Waals surface area contributed by atoms with Gasteiger partial charge in [0.2, 0.25) is 5.91 Å². The first-order chi connectivity index (χ1) is 12.6. The highest BCUT2D eigenvalue weighted by Crippen LogP contribution is 2.30. The first-order valence-electron chi connectivity index (χ1n) is 7.72. The van der Waals surface area contributed by atoms with Crippen LogP contribution in [-0.2, 0) is 4.79 Å². The summed E-state index contributed by atoms with van der Waals surface area (Å²) in [5, 5.41) is 11.2. The lowest BCUT2D eigenvalue weighted by molar-refractivity contribution is -0.113. The van der Waals surface area contributed by atoms with Gasteiger partial charge < -0.3 is 14.5 Å². The Balaban J connectivity index is 1.62. The molecule has 0 fully saturated rings. The van der Waals surface area contributed by atoms with Crippen LogP contribution in [0.25, 0.3) is 11.5 Å². The summed E-state index contributed by atoms with van der Waals surface area (Å²) in [6.45, 7) is 1.99. The average molecular weight is 434 g/mol. The Morgan fingerprint density at radius 2 is 2.08 bits per heavy atom. The normalized spacial score (nSPS) is 10.6. The molecule has 0 atom stereocenters. The Morgan fingerprint density at radius 3 is 2.85 bits per heavy atom. The first-order valence-corrected chi connectivity index (χ1v) is 9.50. The van der Waals surface area contributed by atoms with E-state index in [1.165, 1.54) is 11.8 Å². The second-order valence-electron chi connectivity index (χ2n) is 5.39. The zero-order chi connectivity index (χ0) is 18.5. The van der Waals surface area contributed by atoms with Crippen molar-refractivity contribution in [3.63, 3.8) is 0 Å². The maximum absolute atomic E-state index is 12.1. The molecule has 0 unspecified atom stereocenters. The number of amides is 1. The molecule has 1 heterocycles. The van der Waals surface area contributed by atoms with Gasteiger partial charge in [-0.25, -0.2) is 0 Å². The highest BCUT2D eigenvalue weighted by atomic mass is 79.9. The number of hydrogen-bond acceptors (Lipinski definition) is 6. The Bertz CT molecular complexity index is 930. The number of anilines is 1. The van der Waals surface area contributed by atoms with Crippen LogP contribution in [0.5, 0.6) is 5.75 Å². The molecule has 1 aromatic heterocycles. The molecule has 0 aliphatic heterocycles. The van der Waals surface area contributed by atoms with E-state index in [1.54, 1.807) is 7.11 Å². The largest absolute Gasteiger partial charge is 0.496 e. The summed E-state index contributed by atoms with van der Waals surface area (Å²) in [7, 11) is 1.58. The van der Waals surface area contributed by atoms with Crippen molar-refractivity contribution < 1.29 is 13.9 Å². The zero-order valence-electron chi connectivity index (χ0n) is 14.2. The van der Waals surface area contributed by atoms with Crippen LogP contribution >= 0.6 is 27.7 Å². The minimum absolute atomic E-state index is 0.156. The number of aromatic nitrogens is 2. The number of halogens is 1. The van der Waals surface area contributed by atoms with Crippen LogP contribution in [0.3, 0.4) is 0 Å². The number of aryl methyl sites for hydroxylation is 1. The molecule has 0 radical (unpaired) electrons. The van der Waals surface area contributed by atoms with Crippen molar-refractivity contribution in [3.8, 4) is 17.2 Å². The summed E-state index contributed by atoms with van der Waals surface area (Å²) in [6, 6.07) is 13.1. The van der Waals surface area contributed by atoms with Gasteiger partial charge in [-0.15, -0.1) is 10.2 Å². The van der Waals surface area contributed by atoms with E-state index in [4.69, 9.17) is 9.15 Å². The summed E-state index contributed by atoms with van der Waals surface area (Å²) in [4.78, 5) is 12.1. The fourth-order valence-electron chi connectivity index (χ4n) is 2.23. The highest BCUT2D eigenvalue weighted by molar-refractivity contribution is 9.10. The molecule has 0 spiro atoms. The van der Waals surface area contributed by atoms with Crippen LogP contribution in [0.4, 0.5) is 5.69 Å². The molecule has 3 aromatic rings. The molecule has 8 heteroatoms. The topological polar surface area (TPSA) is 77.2 Å². The van der Waals surface area contributed by atoms with Gasteiger partial charge in [0.15, 0.2) is 0 Å². The van der Waals surface area contributed by atoms with Crippen LogP contribution in [-0.4, -0.2) is 29.0 Å². The molecule has 3 rings (SSSR count). The lowest BCUT2D eigenvalue weighted by Gasteiger charge is -2.07. The molecular weight excluding hydrogens is 418 g/mol. The second-order valence-corrected chi connectivity index (χ2v) is 7.17. The maximum atomic E-state index is 12.1. The highest BCUT2D eigenvalue weighted by Gasteiger charge is 2.14. The van der Waals surface area contributed by atoms with Crippen LogP contribution < -0.4 is 10.1 Å². The van der Waals surface area contributed by atoms with E-state index in [9.17, 15) is 4.79 Å². The quantitative estimate of drug-likeness (QED) is 0.574. The molecule has 2 aromatic carbocycles. The van der Waals surface area contributed by atoms with Gasteiger partial charge in [-0.3, -0.25) is 4.79 Å². The van der Waals surface area contributed by atoms with Crippen LogP contribution in [0.1, 0.15) is 5.56 Å². The third-order valence-electron chi connectivity index (χ3n) is 3.47. The summed E-state index contributed by atoms with van der Waals surface area (Å²) < 4.78 is 11.8. The summed E-state index contributed by atoms with van der Waals surface area (Å²) >= 11 is 4.62. The van der Waals surface area contributed by atoms with Gasteiger partial charge >= 0.3 is 0 Å². The summed E-state index contributed by atoms with van der Waals surface area (Å²) in [5.74, 6) is 1.01. The van der Waals surface area contributed by atoms with E-state index in [1.807, 2.05) is 49.4 Å². The molecule has 26 heavy (non-hydrogen) atoms. The van der Waals surface area contributed by atoms with Gasteiger partial charge in [0.05, 0.1) is 24.1 Å². The zero-order valence-corrected chi connectivity index (χ0v) is 16.6. The second kappa shape index (κ2) is 8.37. The number of methoxy groups -OCH3 is 1. The van der Waals surface area contributed by atoms with Crippen molar-refractivity contribution in [3.05, 3.63) is 52.5 Å². The lowest BCUT2D eigenvalue weighted by Crippen LogP contribution is -2.14. The third-order valence-corrected chi connectivity index (χ3v) is 4.94. The number of thioether (sulfide) groups is 1. The first kappa shape index (κ1) is 18.5. The standard InChI is InChI=1S/C18H16BrN3O3S/c1-11-7-8-14(13(19)9-11)20-16(23)10-26-18-22-21-17(25-18)12-5-3-4-6-15(12)24-2/h3-9H,10H2,1-2H3,(H,20,23). The molecule has 0 saturated carbocycles. The molecule has 0 aliphatic carbocycles. The lowest BCUT2D eigenvalue weighted by atomic mass is 10.2. The number of nitrogens with zero attached hydrogens (tertiary/aromatic N) is 2. The smallest absolute Gasteiger partial charge is 0.277 e. The number of para-hydroxylation sites is 1. The van der Waals surface area contributed by atoms with Gasteiger partial charge in [0.25, 0.3) is 11.1 Å². The van der Waals surface area contributed by atoms with Gasteiger partial charge in [0, 0.05) is 4.47 Å². The Hall–Kier alpha value is -2.32. The molecule has 0 bridgehead atoms. The third kappa shape index (κ3) is 4.44. The number of rotatable bonds is 6. The molecule has 0 aliphatic rings. The van der Waals surface area contributed by atoms with Crippen molar-refractivity contribution in [1.29, 1.82) is 0 Å². The van der Waals surface area contributed by atoms with E-state index in [0.29, 0.717) is 22.4 Å². The van der Waals surface area contributed by atoms with Crippen molar-refractivity contribution in [2.24, 2.45) is 0 Å². The van der Waals surface area contributed by atoms with Crippen molar-refractivity contribution in [2.45, 2.75) is 12.1 Å². The van der Waals surface area contributed by atoms with E-state index in [-0.39, 0.29) is 11.7 Å². The molecule has 0 saturated heterocycles. The molecular formula is C18H16BrN3O3S. The van der Waals surface area contributed by atoms with E-state index in [2.05, 4.69) is 31.4 Å². The molecule has 1 N–H and O–H groups in total. The fourth-order valence-corrected chi connectivity index (χ4v) is 3.39. The van der Waals surface area contributed by atoms with Crippen LogP contribution in [0.15, 0.2) is 56.6 Å². The molecule has 134 valence electrons. The van der Waals surface area contributed by atoms with Gasteiger partial charge in [0.1, 0.15) is 5.75 Å². The number of carbonyl (C=O) groups excluding carboxylic acids is 1. The Kier molecular flexibility index (Phi) is 5.95. The SMILES string of the molecule is COc1ccccc1-c1nnc(SCC(=O)Nc2ccc(C)cc2Br)o1. The number of benzene rings is 2. The predicted molar refractivity (Wildman–Crippen MR) is 105 cm³/mol. The number of carbonyl (C=O) groups is 1. The van der Waals surface area contributed by atoms with E-state index in [0.717, 1.165) is 15.7 Å². The Morgan fingerprint density at radius 1 is 1.27 bits per heavy atom. The number of hydrogen-bond donors (Lipinski definition) is 1. The minimum atomic E-state index is -0.156. The van der Waals surface area contributed by atoms with Crippen molar-refractivity contribution >= 4 is 39.3 Å². The van der Waals surface area contributed by atoms with Gasteiger partial charge in [-0.1, -0.05) is 30.0 Å². The van der Waals surface area contributed by atoms with Crippen LogP contribution in [0.2, 0.25) is 0 Å².